The molecule has 0 saturated carbocycles. The summed E-state index contributed by atoms with van der Waals surface area (Å²) < 4.78 is 39.5. The second-order valence-electron chi connectivity index (χ2n) is 3.94. The average Bonchev–Trinajstić information content (AvgIpc) is 2.65. The highest BCUT2D eigenvalue weighted by molar-refractivity contribution is 7.38. The van der Waals surface area contributed by atoms with Crippen molar-refractivity contribution in [3.05, 3.63) is 34.7 Å². The Morgan fingerprint density at radius 1 is 1.06 bits per heavy atom. The first-order chi connectivity index (χ1) is 7.97. The first kappa shape index (κ1) is 12.4. The van der Waals surface area contributed by atoms with Crippen LogP contribution in [0.4, 0.5) is 13.2 Å². The Labute approximate surface area is 101 Å². The van der Waals surface area contributed by atoms with E-state index in [0.717, 1.165) is 17.4 Å². The van der Waals surface area contributed by atoms with Crippen molar-refractivity contribution in [2.75, 3.05) is 0 Å². The van der Waals surface area contributed by atoms with E-state index in [2.05, 4.69) is 0 Å². The number of benzene rings is 1. The molecule has 0 aliphatic rings. The number of aryl methyl sites for hydroxylation is 2. The lowest BCUT2D eigenvalue weighted by Gasteiger charge is -1.99. The molecule has 0 fully saturated rings. The zero-order chi connectivity index (χ0) is 12.6. The molecule has 4 heteroatoms. The number of halogens is 3. The molecule has 2 aromatic rings. The number of rotatable bonds is 2. The summed E-state index contributed by atoms with van der Waals surface area (Å²) in [5, 5.41) is 0.752. The third-order valence-electron chi connectivity index (χ3n) is 2.86. The predicted molar refractivity (Wildman–Crippen MR) is 66.5 cm³/mol. The van der Waals surface area contributed by atoms with Crippen LogP contribution in [0.1, 0.15) is 24.3 Å². The topological polar surface area (TPSA) is 0 Å². The number of fused-ring (bicyclic) bond motifs is 1. The summed E-state index contributed by atoms with van der Waals surface area (Å²) in [7, 11) is -1.71. The molecule has 0 spiro atoms. The lowest BCUT2D eigenvalue weighted by Crippen LogP contribution is -1.97. The number of hydrogen-bond acceptors (Lipinski definition) is 0. The molecule has 0 saturated heterocycles. The van der Waals surface area contributed by atoms with Gasteiger partial charge in [-0.05, 0) is 24.1 Å². The first-order valence-electron chi connectivity index (χ1n) is 5.62. The molecule has 1 unspecified atom stereocenters. The molecular formula is C13H14F3S+. The molecule has 92 valence electrons. The Kier molecular flexibility index (Phi) is 3.17. The Balaban J connectivity index is 2.73. The van der Waals surface area contributed by atoms with Crippen LogP contribution in [0.2, 0.25) is 0 Å². The van der Waals surface area contributed by atoms with Crippen molar-refractivity contribution in [2.45, 2.75) is 32.2 Å². The van der Waals surface area contributed by atoms with Gasteiger partial charge in [0.25, 0.3) is 0 Å². The van der Waals surface area contributed by atoms with Gasteiger partial charge in [-0.3, -0.25) is 0 Å². The molecular weight excluding hydrogens is 245 g/mol. The lowest BCUT2D eigenvalue weighted by atomic mass is 10.1. The number of thiophene rings is 1. The fourth-order valence-electron chi connectivity index (χ4n) is 2.01. The Bertz CT molecular complexity index is 537. The Hall–Kier alpha value is -1.03. The maximum atomic E-state index is 13.0. The average molecular weight is 259 g/mol. The Morgan fingerprint density at radius 2 is 1.76 bits per heavy atom. The summed E-state index contributed by atoms with van der Waals surface area (Å²) in [5.41, 5.74) is -3.07. The molecule has 0 nitrogen and oxygen atoms in total. The van der Waals surface area contributed by atoms with Crippen LogP contribution < -0.4 is 0 Å². The summed E-state index contributed by atoms with van der Waals surface area (Å²) in [6.45, 7) is 3.79. The van der Waals surface area contributed by atoms with Gasteiger partial charge in [-0.2, -0.15) is 0 Å². The minimum absolute atomic E-state index is 0.437. The van der Waals surface area contributed by atoms with Crippen molar-refractivity contribution in [1.29, 1.82) is 0 Å². The van der Waals surface area contributed by atoms with Crippen LogP contribution in [0.15, 0.2) is 24.3 Å². The molecule has 0 radical (unpaired) electrons. The van der Waals surface area contributed by atoms with Gasteiger partial charge in [-0.25, -0.2) is 0 Å². The van der Waals surface area contributed by atoms with Gasteiger partial charge in [0.1, 0.15) is 0 Å². The van der Waals surface area contributed by atoms with Crippen molar-refractivity contribution in [3.8, 4) is 0 Å². The van der Waals surface area contributed by atoms with E-state index in [4.69, 9.17) is 0 Å². The van der Waals surface area contributed by atoms with Crippen LogP contribution in [0.5, 0.6) is 0 Å². The third kappa shape index (κ3) is 2.18. The summed E-state index contributed by atoms with van der Waals surface area (Å²) in [5.74, 6) is 0. The van der Waals surface area contributed by atoms with Crippen molar-refractivity contribution >= 4 is 20.6 Å². The smallest absolute Gasteiger partial charge is 0.118 e. The lowest BCUT2D eigenvalue weighted by molar-refractivity contribution is -0.0867. The van der Waals surface area contributed by atoms with Crippen LogP contribution in [0.25, 0.3) is 10.1 Å². The second-order valence-corrected chi connectivity index (χ2v) is 5.98. The van der Waals surface area contributed by atoms with Gasteiger partial charge < -0.3 is 0 Å². The van der Waals surface area contributed by atoms with E-state index in [0.29, 0.717) is 16.0 Å². The van der Waals surface area contributed by atoms with Crippen LogP contribution in [0, 0.1) is 0 Å². The first-order valence-corrected chi connectivity index (χ1v) is 6.84. The van der Waals surface area contributed by atoms with Crippen LogP contribution in [0.3, 0.4) is 0 Å². The fourth-order valence-corrected chi connectivity index (χ4v) is 3.93. The summed E-state index contributed by atoms with van der Waals surface area (Å²) in [6, 6.07) is 7.04. The van der Waals surface area contributed by atoms with E-state index in [9.17, 15) is 13.2 Å². The number of alkyl halides is 3. The highest BCUT2D eigenvalue weighted by atomic mass is 32.2. The zero-order valence-corrected chi connectivity index (χ0v) is 10.6. The van der Waals surface area contributed by atoms with Crippen LogP contribution >= 0.6 is 10.5 Å². The van der Waals surface area contributed by atoms with Crippen molar-refractivity contribution < 1.29 is 13.2 Å². The van der Waals surface area contributed by atoms with E-state index in [-0.39, 0.29) is 0 Å². The predicted octanol–water partition coefficient (Wildman–Crippen LogP) is 5.19. The van der Waals surface area contributed by atoms with Gasteiger partial charge in [0.05, 0.1) is 10.5 Å². The van der Waals surface area contributed by atoms with Gasteiger partial charge in [-0.15, -0.1) is 13.2 Å². The second kappa shape index (κ2) is 4.33. The standard InChI is InChI=1S/C13H14F3S/c1-3-9-5-6-12-10(7-9)8-11(4-2)17(12)13(14,15)16/h5-8H,3-4H2,1-2H3/q+1. The summed E-state index contributed by atoms with van der Waals surface area (Å²) in [6.07, 6.45) is 1.31. The summed E-state index contributed by atoms with van der Waals surface area (Å²) in [4.78, 5) is 0.501. The molecule has 0 aliphatic heterocycles. The molecule has 0 bridgehead atoms. The molecule has 1 atom stereocenters. The van der Waals surface area contributed by atoms with Crippen LogP contribution in [-0.4, -0.2) is 0 Å². The Morgan fingerprint density at radius 3 is 2.29 bits per heavy atom. The highest BCUT2D eigenvalue weighted by Crippen LogP contribution is 2.51. The largest absolute Gasteiger partial charge is 0.600 e. The van der Waals surface area contributed by atoms with E-state index in [1.807, 2.05) is 13.0 Å². The molecule has 0 N–H and O–H groups in total. The molecule has 1 aromatic heterocycles. The van der Waals surface area contributed by atoms with Gasteiger partial charge >= 0.3 is 5.51 Å². The van der Waals surface area contributed by atoms with E-state index >= 15 is 0 Å². The van der Waals surface area contributed by atoms with Gasteiger partial charge in [0.15, 0.2) is 9.58 Å². The summed E-state index contributed by atoms with van der Waals surface area (Å²) >= 11 is 0. The zero-order valence-electron chi connectivity index (χ0n) is 9.77. The number of hydrogen-bond donors (Lipinski definition) is 0. The SMILES string of the molecule is CCc1ccc2c(c1)cc(CC)[s+]2C(F)(F)F. The minimum Gasteiger partial charge on any atom is -0.118 e. The third-order valence-corrected chi connectivity index (χ3v) is 5.07. The van der Waals surface area contributed by atoms with Crippen molar-refractivity contribution in [3.63, 3.8) is 0 Å². The van der Waals surface area contributed by atoms with Crippen LogP contribution in [-0.2, 0) is 18.3 Å². The quantitative estimate of drug-likeness (QED) is 0.651. The molecule has 2 rings (SSSR count). The van der Waals surface area contributed by atoms with Crippen molar-refractivity contribution in [1.82, 2.24) is 0 Å². The monoisotopic (exact) mass is 259 g/mol. The highest BCUT2D eigenvalue weighted by Gasteiger charge is 2.47. The fraction of sp³-hybridized carbons (Fsp3) is 0.385. The maximum absolute atomic E-state index is 13.0. The molecule has 0 amide bonds. The van der Waals surface area contributed by atoms with Crippen molar-refractivity contribution in [2.24, 2.45) is 0 Å². The molecule has 0 aliphatic carbocycles. The van der Waals surface area contributed by atoms with Gasteiger partial charge in [0, 0.05) is 17.9 Å². The van der Waals surface area contributed by atoms with Gasteiger partial charge in [-0.1, -0.05) is 19.9 Å². The molecule has 1 aromatic carbocycles. The normalized spacial score (nSPS) is 13.4. The van der Waals surface area contributed by atoms with E-state index < -0.39 is 16.0 Å². The maximum Gasteiger partial charge on any atom is 0.600 e. The minimum atomic E-state index is -4.15. The molecule has 17 heavy (non-hydrogen) atoms. The van der Waals surface area contributed by atoms with E-state index in [1.54, 1.807) is 25.1 Å². The molecule has 1 heterocycles. The van der Waals surface area contributed by atoms with Gasteiger partial charge in [0.2, 0.25) is 0 Å². The van der Waals surface area contributed by atoms with E-state index in [1.165, 1.54) is 0 Å².